The molecule has 4 N–H and O–H groups in total. The van der Waals surface area contributed by atoms with Gasteiger partial charge in [-0.25, -0.2) is 9.97 Å². The van der Waals surface area contributed by atoms with E-state index in [0.29, 0.717) is 24.3 Å². The van der Waals surface area contributed by atoms with Crippen molar-refractivity contribution in [3.05, 3.63) is 41.6 Å². The number of carbonyl (C=O) groups is 1. The molecule has 2 rings (SSSR count). The first-order chi connectivity index (χ1) is 9.69. The summed E-state index contributed by atoms with van der Waals surface area (Å²) >= 11 is 0. The van der Waals surface area contributed by atoms with Gasteiger partial charge in [-0.2, -0.15) is 0 Å². The molecule has 0 aliphatic carbocycles. The van der Waals surface area contributed by atoms with Gasteiger partial charge in [0.15, 0.2) is 0 Å². The molecule has 0 bridgehead atoms. The van der Waals surface area contributed by atoms with E-state index in [0.717, 1.165) is 24.4 Å². The van der Waals surface area contributed by atoms with Crippen LogP contribution in [0.15, 0.2) is 24.5 Å². The largest absolute Gasteiger partial charge is 0.384 e. The molecule has 2 aromatic heterocycles. The number of aromatic amines is 1. The average Bonchev–Trinajstić information content (AvgIpc) is 2.91. The van der Waals surface area contributed by atoms with Crippen molar-refractivity contribution >= 4 is 11.7 Å². The molecule has 0 aliphatic heterocycles. The molecule has 0 atom stereocenters. The van der Waals surface area contributed by atoms with Gasteiger partial charge in [-0.1, -0.05) is 13.3 Å². The average molecular weight is 273 g/mol. The smallest absolute Gasteiger partial charge is 0.251 e. The second kappa shape index (κ2) is 6.70. The molecule has 1 amide bonds. The number of rotatable bonds is 6. The summed E-state index contributed by atoms with van der Waals surface area (Å²) < 4.78 is 0. The second-order valence-electron chi connectivity index (χ2n) is 4.56. The fourth-order valence-electron chi connectivity index (χ4n) is 1.96. The van der Waals surface area contributed by atoms with Crippen molar-refractivity contribution in [1.82, 2.24) is 20.3 Å². The van der Waals surface area contributed by atoms with E-state index in [1.807, 2.05) is 0 Å². The third-order valence-corrected chi connectivity index (χ3v) is 2.87. The number of aryl methyl sites for hydroxylation is 1. The minimum atomic E-state index is -0.136. The number of H-pyrrole nitrogens is 1. The van der Waals surface area contributed by atoms with Crippen molar-refractivity contribution in [3.63, 3.8) is 0 Å². The zero-order valence-corrected chi connectivity index (χ0v) is 11.5. The van der Waals surface area contributed by atoms with Gasteiger partial charge in [-0.15, -0.1) is 0 Å². The summed E-state index contributed by atoms with van der Waals surface area (Å²) in [6.07, 6.45) is 5.91. The molecule has 0 saturated carbocycles. The van der Waals surface area contributed by atoms with Crippen LogP contribution in [-0.2, 0) is 12.8 Å². The van der Waals surface area contributed by atoms with Gasteiger partial charge in [0, 0.05) is 36.6 Å². The van der Waals surface area contributed by atoms with Gasteiger partial charge >= 0.3 is 0 Å². The molecule has 0 fully saturated rings. The first kappa shape index (κ1) is 14.0. The van der Waals surface area contributed by atoms with Crippen molar-refractivity contribution in [1.29, 1.82) is 0 Å². The number of aromatic nitrogens is 3. The number of nitrogen functional groups attached to an aromatic ring is 1. The second-order valence-corrected chi connectivity index (χ2v) is 4.56. The number of imidazole rings is 1. The molecule has 0 radical (unpaired) electrons. The lowest BCUT2D eigenvalue weighted by Gasteiger charge is -2.07. The van der Waals surface area contributed by atoms with E-state index >= 15 is 0 Å². The van der Waals surface area contributed by atoms with Crippen LogP contribution in [0, 0.1) is 0 Å². The molecule has 0 unspecified atom stereocenters. The molecule has 0 spiro atoms. The highest BCUT2D eigenvalue weighted by Gasteiger charge is 2.08. The van der Waals surface area contributed by atoms with Gasteiger partial charge in [-0.3, -0.25) is 4.79 Å². The van der Waals surface area contributed by atoms with Crippen LogP contribution in [0.3, 0.4) is 0 Å². The molecule has 0 aromatic carbocycles. The monoisotopic (exact) mass is 273 g/mol. The summed E-state index contributed by atoms with van der Waals surface area (Å²) in [5.74, 6) is 1.10. The lowest BCUT2D eigenvalue weighted by molar-refractivity contribution is 0.0954. The molecule has 2 aromatic rings. The molecule has 2 heterocycles. The molecule has 0 aliphatic rings. The number of pyridine rings is 1. The molecular weight excluding hydrogens is 254 g/mol. The number of nitrogens with one attached hydrogen (secondary N) is 2. The fraction of sp³-hybridized carbons (Fsp3) is 0.357. The summed E-state index contributed by atoms with van der Waals surface area (Å²) in [4.78, 5) is 23.4. The highest BCUT2D eigenvalue weighted by Crippen LogP contribution is 2.09. The first-order valence-corrected chi connectivity index (χ1v) is 6.72. The Labute approximate surface area is 117 Å². The topological polar surface area (TPSA) is 96.7 Å². The Hall–Kier alpha value is -2.37. The predicted octanol–water partition coefficient (Wildman–Crippen LogP) is 1.31. The Bertz CT molecular complexity index is 565. The Kier molecular flexibility index (Phi) is 4.70. The summed E-state index contributed by atoms with van der Waals surface area (Å²) in [5.41, 5.74) is 7.13. The van der Waals surface area contributed by atoms with Crippen LogP contribution in [0.2, 0.25) is 0 Å². The fourth-order valence-corrected chi connectivity index (χ4v) is 1.96. The zero-order chi connectivity index (χ0) is 14.4. The highest BCUT2D eigenvalue weighted by atomic mass is 16.1. The predicted molar refractivity (Wildman–Crippen MR) is 77.3 cm³/mol. The SMILES string of the molecule is CCCc1cc(C(=O)NCCc2ncc[nH]2)cc(N)n1. The van der Waals surface area contributed by atoms with Gasteiger partial charge in [0.2, 0.25) is 0 Å². The highest BCUT2D eigenvalue weighted by molar-refractivity contribution is 5.94. The maximum absolute atomic E-state index is 12.1. The molecule has 6 heteroatoms. The lowest BCUT2D eigenvalue weighted by atomic mass is 10.1. The Morgan fingerprint density at radius 2 is 2.25 bits per heavy atom. The van der Waals surface area contributed by atoms with E-state index in [9.17, 15) is 4.79 Å². The summed E-state index contributed by atoms with van der Waals surface area (Å²) in [5, 5.41) is 2.85. The molecule has 20 heavy (non-hydrogen) atoms. The third-order valence-electron chi connectivity index (χ3n) is 2.87. The van der Waals surface area contributed by atoms with Gasteiger partial charge in [0.1, 0.15) is 11.6 Å². The molecule has 0 saturated heterocycles. The Morgan fingerprint density at radius 1 is 1.40 bits per heavy atom. The van der Waals surface area contributed by atoms with Crippen molar-refractivity contribution in [3.8, 4) is 0 Å². The van der Waals surface area contributed by atoms with Crippen LogP contribution in [0.25, 0.3) is 0 Å². The number of anilines is 1. The number of hydrogen-bond acceptors (Lipinski definition) is 4. The van der Waals surface area contributed by atoms with Crippen LogP contribution in [0.1, 0.15) is 35.2 Å². The quantitative estimate of drug-likeness (QED) is 0.739. The molecular formula is C14H19N5O. The Morgan fingerprint density at radius 3 is 2.95 bits per heavy atom. The van der Waals surface area contributed by atoms with Crippen molar-refractivity contribution < 1.29 is 4.79 Å². The van der Waals surface area contributed by atoms with Crippen LogP contribution in [0.4, 0.5) is 5.82 Å². The minimum absolute atomic E-state index is 0.136. The van der Waals surface area contributed by atoms with E-state index in [1.165, 1.54) is 0 Å². The van der Waals surface area contributed by atoms with Crippen LogP contribution >= 0.6 is 0 Å². The number of hydrogen-bond donors (Lipinski definition) is 3. The van der Waals surface area contributed by atoms with Crippen molar-refractivity contribution in [2.24, 2.45) is 0 Å². The standard InChI is InChI=1S/C14H19N5O/c1-2-3-11-8-10(9-12(15)19-11)14(20)18-5-4-13-16-6-7-17-13/h6-9H,2-5H2,1H3,(H2,15,19)(H,16,17)(H,18,20). The number of nitrogens with two attached hydrogens (primary N) is 1. The number of nitrogens with zero attached hydrogens (tertiary/aromatic N) is 2. The van der Waals surface area contributed by atoms with Gasteiger partial charge in [-0.05, 0) is 18.6 Å². The van der Waals surface area contributed by atoms with E-state index in [1.54, 1.807) is 24.5 Å². The summed E-state index contributed by atoms with van der Waals surface area (Å²) in [7, 11) is 0. The van der Waals surface area contributed by atoms with Crippen LogP contribution < -0.4 is 11.1 Å². The molecule has 6 nitrogen and oxygen atoms in total. The zero-order valence-electron chi connectivity index (χ0n) is 11.5. The first-order valence-electron chi connectivity index (χ1n) is 6.72. The van der Waals surface area contributed by atoms with Gasteiger partial charge in [0.25, 0.3) is 5.91 Å². The van der Waals surface area contributed by atoms with Crippen molar-refractivity contribution in [2.45, 2.75) is 26.2 Å². The Balaban J connectivity index is 1.94. The number of carbonyl (C=O) groups excluding carboxylic acids is 1. The summed E-state index contributed by atoms with van der Waals surface area (Å²) in [6, 6.07) is 3.39. The van der Waals surface area contributed by atoms with Crippen LogP contribution in [0.5, 0.6) is 0 Å². The normalized spacial score (nSPS) is 10.4. The van der Waals surface area contributed by atoms with Gasteiger partial charge < -0.3 is 16.0 Å². The maximum Gasteiger partial charge on any atom is 0.251 e. The van der Waals surface area contributed by atoms with E-state index in [2.05, 4.69) is 27.2 Å². The molecule has 106 valence electrons. The van der Waals surface area contributed by atoms with Crippen molar-refractivity contribution in [2.75, 3.05) is 12.3 Å². The van der Waals surface area contributed by atoms with E-state index < -0.39 is 0 Å². The van der Waals surface area contributed by atoms with E-state index in [4.69, 9.17) is 5.73 Å². The third kappa shape index (κ3) is 3.81. The minimum Gasteiger partial charge on any atom is -0.384 e. The lowest BCUT2D eigenvalue weighted by Crippen LogP contribution is -2.26. The number of amides is 1. The maximum atomic E-state index is 12.1. The van der Waals surface area contributed by atoms with Crippen LogP contribution in [-0.4, -0.2) is 27.4 Å². The van der Waals surface area contributed by atoms with E-state index in [-0.39, 0.29) is 5.91 Å². The summed E-state index contributed by atoms with van der Waals surface area (Å²) in [6.45, 7) is 2.59. The van der Waals surface area contributed by atoms with Gasteiger partial charge in [0.05, 0.1) is 0 Å².